The van der Waals surface area contributed by atoms with E-state index >= 15 is 0 Å². The molecule has 0 atom stereocenters. The van der Waals surface area contributed by atoms with Crippen LogP contribution in [0.5, 0.6) is 0 Å². The van der Waals surface area contributed by atoms with E-state index in [0.29, 0.717) is 0 Å². The number of aromatic nitrogens is 1. The predicted octanol–water partition coefficient (Wildman–Crippen LogP) is 2.03. The first kappa shape index (κ1) is 15.4. The van der Waals surface area contributed by atoms with Gasteiger partial charge in [0, 0.05) is 6.20 Å². The minimum Gasteiger partial charge on any atom is -0.450 e. The second-order valence-corrected chi connectivity index (χ2v) is 4.22. The van der Waals surface area contributed by atoms with E-state index in [4.69, 9.17) is 11.6 Å². The summed E-state index contributed by atoms with van der Waals surface area (Å²) < 4.78 is 9.30. The summed E-state index contributed by atoms with van der Waals surface area (Å²) in [5, 5.41) is 12.9. The smallest absolute Gasteiger partial charge is 0.433 e. The summed E-state index contributed by atoms with van der Waals surface area (Å²) in [7, 11) is 0. The highest BCUT2D eigenvalue weighted by Crippen LogP contribution is 2.18. The third kappa shape index (κ3) is 3.79. The number of nitrogens with one attached hydrogen (secondary N) is 1. The zero-order valence-corrected chi connectivity index (χ0v) is 11.6. The molecule has 2 rings (SSSR count). The zero-order valence-electron chi connectivity index (χ0n) is 10.8. The lowest BCUT2D eigenvalue weighted by atomic mass is 10.4. The van der Waals surface area contributed by atoms with Crippen molar-refractivity contribution in [3.8, 4) is 0 Å². The van der Waals surface area contributed by atoms with E-state index in [0.717, 1.165) is 12.1 Å². The molecule has 0 saturated carbocycles. The Morgan fingerprint density at radius 1 is 1.41 bits per heavy atom. The van der Waals surface area contributed by atoms with E-state index in [2.05, 4.69) is 19.5 Å². The quantitative estimate of drug-likeness (QED) is 0.386. The maximum Gasteiger partial charge on any atom is 0.433 e. The van der Waals surface area contributed by atoms with Gasteiger partial charge in [-0.1, -0.05) is 11.6 Å². The first-order valence-electron chi connectivity index (χ1n) is 5.79. The fraction of sp³-hybridized carbons (Fsp3) is 0.0833. The van der Waals surface area contributed by atoms with Gasteiger partial charge in [-0.25, -0.2) is 9.78 Å². The zero-order chi connectivity index (χ0) is 16.1. The molecule has 0 bridgehead atoms. The summed E-state index contributed by atoms with van der Waals surface area (Å²) in [6.45, 7) is -0.613. The molecule has 0 radical (unpaired) electrons. The lowest BCUT2D eigenvalue weighted by molar-refractivity contribution is -0.402. The summed E-state index contributed by atoms with van der Waals surface area (Å²) in [4.78, 5) is 36.5. The van der Waals surface area contributed by atoms with Gasteiger partial charge in [-0.3, -0.25) is 14.9 Å². The normalized spacial score (nSPS) is 10.0. The van der Waals surface area contributed by atoms with Crippen LogP contribution in [0.1, 0.15) is 10.6 Å². The Morgan fingerprint density at radius 2 is 2.18 bits per heavy atom. The number of carbonyl (C=O) groups is 2. The molecule has 0 fully saturated rings. The second-order valence-electron chi connectivity index (χ2n) is 3.86. The highest BCUT2D eigenvalue weighted by Gasteiger charge is 2.19. The Bertz CT molecular complexity index is 729. The van der Waals surface area contributed by atoms with Gasteiger partial charge >= 0.3 is 11.9 Å². The molecule has 2 aromatic heterocycles. The first-order valence-corrected chi connectivity index (χ1v) is 6.17. The molecule has 9 nitrogen and oxygen atoms in total. The molecular weight excluding hydrogens is 318 g/mol. The third-order valence-electron chi connectivity index (χ3n) is 2.34. The molecule has 0 unspecified atom stereocenters. The monoisotopic (exact) mass is 325 g/mol. The maximum absolute atomic E-state index is 11.6. The maximum atomic E-state index is 11.6. The van der Waals surface area contributed by atoms with Crippen LogP contribution in [0.15, 0.2) is 34.9 Å². The molecule has 0 spiro atoms. The van der Waals surface area contributed by atoms with Gasteiger partial charge in [0.25, 0.3) is 5.91 Å². The number of ether oxygens (including phenoxy) is 1. The number of halogens is 1. The summed E-state index contributed by atoms with van der Waals surface area (Å²) in [6.07, 6.45) is 1.45. The van der Waals surface area contributed by atoms with Crippen LogP contribution in [0, 0.1) is 10.1 Å². The number of carbonyl (C=O) groups excluding carboxylic acids is 2. The van der Waals surface area contributed by atoms with Gasteiger partial charge in [-0.15, -0.1) is 0 Å². The number of nitro groups is 1. The average molecular weight is 326 g/mol. The molecule has 0 aromatic carbocycles. The Morgan fingerprint density at radius 3 is 2.82 bits per heavy atom. The highest BCUT2D eigenvalue weighted by atomic mass is 35.5. The number of nitrogens with zero attached hydrogens (tertiary/aromatic N) is 2. The van der Waals surface area contributed by atoms with Gasteiger partial charge in [-0.05, 0) is 18.2 Å². The number of hydrogen-bond donors (Lipinski definition) is 1. The molecule has 0 aliphatic carbocycles. The largest absolute Gasteiger partial charge is 0.450 e. The fourth-order valence-electron chi connectivity index (χ4n) is 1.40. The van der Waals surface area contributed by atoms with Crippen molar-refractivity contribution >= 4 is 35.0 Å². The molecule has 0 aliphatic rings. The summed E-state index contributed by atoms with van der Waals surface area (Å²) in [5.41, 5.74) is 0.263. The van der Waals surface area contributed by atoms with Crippen molar-refractivity contribution < 1.29 is 23.7 Å². The number of furan rings is 1. The Kier molecular flexibility index (Phi) is 4.69. The molecule has 1 amide bonds. The van der Waals surface area contributed by atoms with Crippen LogP contribution in [0.2, 0.25) is 5.15 Å². The summed E-state index contributed by atoms with van der Waals surface area (Å²) >= 11 is 5.75. The van der Waals surface area contributed by atoms with Crippen LogP contribution in [0.4, 0.5) is 11.6 Å². The van der Waals surface area contributed by atoms with Crippen molar-refractivity contribution in [3.05, 3.63) is 51.5 Å². The van der Waals surface area contributed by atoms with Gasteiger partial charge < -0.3 is 14.5 Å². The molecule has 2 heterocycles. The highest BCUT2D eigenvalue weighted by molar-refractivity contribution is 6.32. The number of amides is 1. The Hall–Kier alpha value is -2.94. The van der Waals surface area contributed by atoms with Gasteiger partial charge in [-0.2, -0.15) is 0 Å². The van der Waals surface area contributed by atoms with E-state index in [1.807, 2.05) is 0 Å². The van der Waals surface area contributed by atoms with Crippen molar-refractivity contribution in [2.75, 3.05) is 11.9 Å². The molecule has 0 saturated heterocycles. The minimum atomic E-state index is -1.000. The van der Waals surface area contributed by atoms with Gasteiger partial charge in [0.15, 0.2) is 11.8 Å². The number of hydrogen-bond acceptors (Lipinski definition) is 7. The van der Waals surface area contributed by atoms with Gasteiger partial charge in [0.1, 0.15) is 4.92 Å². The van der Waals surface area contributed by atoms with Crippen molar-refractivity contribution in [2.24, 2.45) is 0 Å². The topological polar surface area (TPSA) is 125 Å². The molecule has 22 heavy (non-hydrogen) atoms. The fourth-order valence-corrected chi connectivity index (χ4v) is 1.57. The van der Waals surface area contributed by atoms with Crippen molar-refractivity contribution in [1.82, 2.24) is 4.98 Å². The first-order chi connectivity index (χ1) is 10.5. The van der Waals surface area contributed by atoms with Gasteiger partial charge in [0.2, 0.25) is 5.76 Å². The number of pyridine rings is 1. The standard InChI is InChI=1S/C12H8ClN3O6/c13-11-7(2-1-5-14-11)15-9(17)6-21-12(18)8-3-4-10(22-8)16(19)20/h1-5H,6H2,(H,15,17). The SMILES string of the molecule is O=C(COC(=O)c1ccc([N+](=O)[O-])o1)Nc1cccnc1Cl. The Balaban J connectivity index is 1.89. The van der Waals surface area contributed by atoms with Crippen LogP contribution in [-0.4, -0.2) is 28.4 Å². The molecule has 1 N–H and O–H groups in total. The van der Waals surface area contributed by atoms with E-state index < -0.39 is 29.3 Å². The van der Waals surface area contributed by atoms with Crippen LogP contribution >= 0.6 is 11.6 Å². The van der Waals surface area contributed by atoms with E-state index in [-0.39, 0.29) is 16.6 Å². The Labute approximate surface area is 128 Å². The van der Waals surface area contributed by atoms with E-state index in [9.17, 15) is 19.7 Å². The van der Waals surface area contributed by atoms with Crippen LogP contribution in [0.25, 0.3) is 0 Å². The molecular formula is C12H8ClN3O6. The summed E-state index contributed by atoms with van der Waals surface area (Å²) in [5.74, 6) is -2.62. The minimum absolute atomic E-state index is 0.0869. The molecule has 114 valence electrons. The van der Waals surface area contributed by atoms with Crippen LogP contribution in [-0.2, 0) is 9.53 Å². The average Bonchev–Trinajstić information content (AvgIpc) is 2.97. The molecule has 2 aromatic rings. The van der Waals surface area contributed by atoms with Crippen molar-refractivity contribution in [1.29, 1.82) is 0 Å². The van der Waals surface area contributed by atoms with Gasteiger partial charge in [0.05, 0.1) is 11.8 Å². The van der Waals surface area contributed by atoms with E-state index in [1.54, 1.807) is 6.07 Å². The lowest BCUT2D eigenvalue weighted by Crippen LogP contribution is -2.21. The van der Waals surface area contributed by atoms with E-state index in [1.165, 1.54) is 12.3 Å². The third-order valence-corrected chi connectivity index (χ3v) is 2.64. The van der Waals surface area contributed by atoms with Crippen LogP contribution < -0.4 is 5.32 Å². The predicted molar refractivity (Wildman–Crippen MR) is 73.5 cm³/mol. The molecule has 10 heteroatoms. The van der Waals surface area contributed by atoms with Crippen molar-refractivity contribution in [3.63, 3.8) is 0 Å². The van der Waals surface area contributed by atoms with Crippen LogP contribution in [0.3, 0.4) is 0 Å². The second kappa shape index (κ2) is 6.68. The molecule has 0 aliphatic heterocycles. The number of esters is 1. The van der Waals surface area contributed by atoms with Crippen molar-refractivity contribution in [2.45, 2.75) is 0 Å². The summed E-state index contributed by atoms with van der Waals surface area (Å²) in [6, 6.07) is 5.17. The number of rotatable bonds is 5. The number of anilines is 1. The lowest BCUT2D eigenvalue weighted by Gasteiger charge is -2.06.